The number of ether oxygens (including phenoxy) is 2. The zero-order valence-electron chi connectivity index (χ0n) is 17.5. The first-order valence-electron chi connectivity index (χ1n) is 9.69. The number of hydrazone groups is 1. The lowest BCUT2D eigenvalue weighted by Gasteiger charge is -2.13. The molecule has 0 aliphatic heterocycles. The predicted molar refractivity (Wildman–Crippen MR) is 126 cm³/mol. The van der Waals surface area contributed by atoms with Gasteiger partial charge in [-0.25, -0.2) is 10.4 Å². The van der Waals surface area contributed by atoms with E-state index in [1.807, 2.05) is 19.1 Å². The molecule has 0 unspecified atom stereocenters. The van der Waals surface area contributed by atoms with Crippen molar-refractivity contribution < 1.29 is 14.3 Å². The van der Waals surface area contributed by atoms with Crippen molar-refractivity contribution in [1.29, 1.82) is 5.26 Å². The first kappa shape index (κ1) is 23.5. The fourth-order valence-corrected chi connectivity index (χ4v) is 3.20. The van der Waals surface area contributed by atoms with Crippen LogP contribution in [0.5, 0.6) is 11.5 Å². The minimum Gasteiger partial charge on any atom is -0.490 e. The molecule has 3 aromatic rings. The summed E-state index contributed by atoms with van der Waals surface area (Å²) in [6.07, 6.45) is 1.48. The summed E-state index contributed by atoms with van der Waals surface area (Å²) in [4.78, 5) is 30.2. The molecule has 0 saturated carbocycles. The van der Waals surface area contributed by atoms with Gasteiger partial charge >= 0.3 is 0 Å². The van der Waals surface area contributed by atoms with E-state index in [0.29, 0.717) is 33.7 Å². The Labute approximate surface area is 197 Å². The van der Waals surface area contributed by atoms with Crippen molar-refractivity contribution in [2.45, 2.75) is 6.92 Å². The van der Waals surface area contributed by atoms with E-state index < -0.39 is 11.5 Å². The van der Waals surface area contributed by atoms with Crippen molar-refractivity contribution in [1.82, 2.24) is 9.97 Å². The van der Waals surface area contributed by atoms with E-state index in [1.54, 1.807) is 36.4 Å². The highest BCUT2D eigenvalue weighted by molar-refractivity contribution is 9.10. The Bertz CT molecular complexity index is 1280. The van der Waals surface area contributed by atoms with Gasteiger partial charge in [0, 0.05) is 15.6 Å². The number of H-pyrrole nitrogens is 1. The standard InChI is InChI=1S/C22H19BrN6O4/c1-2-32-17-8-14(16(23)9-18(17)33-12-19(25)30)11-26-29-22-27-20(13-6-4-3-5-7-13)15(10-24)21(31)28-22/h3-9,11H,2,12H2,1H3,(H2,25,30)(H2,27,28,29,31). The lowest BCUT2D eigenvalue weighted by molar-refractivity contribution is -0.119. The van der Waals surface area contributed by atoms with Gasteiger partial charge in [0.25, 0.3) is 11.5 Å². The highest BCUT2D eigenvalue weighted by Gasteiger charge is 2.14. The lowest BCUT2D eigenvalue weighted by atomic mass is 10.1. The largest absolute Gasteiger partial charge is 0.490 e. The van der Waals surface area contributed by atoms with Crippen molar-refractivity contribution in [3.05, 3.63) is 68.4 Å². The summed E-state index contributed by atoms with van der Waals surface area (Å²) in [6, 6.07) is 14.1. The molecule has 0 aliphatic carbocycles. The number of carbonyl (C=O) groups is 1. The minimum absolute atomic E-state index is 0.0664. The van der Waals surface area contributed by atoms with Crippen LogP contribution in [0.15, 0.2) is 56.8 Å². The van der Waals surface area contributed by atoms with E-state index in [9.17, 15) is 14.9 Å². The Morgan fingerprint density at radius 3 is 2.70 bits per heavy atom. The van der Waals surface area contributed by atoms with Crippen molar-refractivity contribution in [3.63, 3.8) is 0 Å². The van der Waals surface area contributed by atoms with E-state index in [4.69, 9.17) is 15.2 Å². The Morgan fingerprint density at radius 2 is 2.03 bits per heavy atom. The number of nitrogens with zero attached hydrogens (tertiary/aromatic N) is 3. The lowest BCUT2D eigenvalue weighted by Crippen LogP contribution is -2.20. The Hall–Kier alpha value is -4.17. The van der Waals surface area contributed by atoms with Crippen molar-refractivity contribution in [2.75, 3.05) is 18.6 Å². The van der Waals surface area contributed by atoms with Crippen LogP contribution in [-0.4, -0.2) is 35.3 Å². The number of primary amides is 1. The Balaban J connectivity index is 1.87. The first-order chi connectivity index (χ1) is 15.9. The molecule has 0 atom stereocenters. The third-order valence-electron chi connectivity index (χ3n) is 4.19. The zero-order chi connectivity index (χ0) is 23.8. The molecule has 11 heteroatoms. The molecule has 33 heavy (non-hydrogen) atoms. The number of aromatic amines is 1. The summed E-state index contributed by atoms with van der Waals surface area (Å²) in [5, 5.41) is 13.5. The molecule has 3 rings (SSSR count). The number of hydrogen-bond donors (Lipinski definition) is 3. The molecular formula is C22H19BrN6O4. The quantitative estimate of drug-likeness (QED) is 0.295. The number of nitrogens with two attached hydrogens (primary N) is 1. The molecule has 1 heterocycles. The second-order valence-electron chi connectivity index (χ2n) is 6.49. The number of amides is 1. The zero-order valence-corrected chi connectivity index (χ0v) is 19.0. The number of hydrogen-bond acceptors (Lipinski definition) is 8. The van der Waals surface area contributed by atoms with Gasteiger partial charge in [-0.2, -0.15) is 10.4 Å². The van der Waals surface area contributed by atoms with Gasteiger partial charge in [0.1, 0.15) is 11.6 Å². The molecule has 0 saturated heterocycles. The molecule has 0 radical (unpaired) electrons. The van der Waals surface area contributed by atoms with Crippen LogP contribution >= 0.6 is 15.9 Å². The molecule has 0 bridgehead atoms. The molecule has 2 aromatic carbocycles. The van der Waals surface area contributed by atoms with Gasteiger partial charge in [-0.3, -0.25) is 14.6 Å². The highest BCUT2D eigenvalue weighted by atomic mass is 79.9. The second-order valence-corrected chi connectivity index (χ2v) is 7.35. The number of rotatable bonds is 9. The van der Waals surface area contributed by atoms with Crippen LogP contribution in [-0.2, 0) is 4.79 Å². The molecule has 1 amide bonds. The second kappa shape index (κ2) is 10.9. The van der Waals surface area contributed by atoms with Gasteiger partial charge in [0.15, 0.2) is 18.1 Å². The summed E-state index contributed by atoms with van der Waals surface area (Å²) in [5.41, 5.74) is 8.62. The minimum atomic E-state index is -0.609. The summed E-state index contributed by atoms with van der Waals surface area (Å²) in [5.74, 6) is 0.205. The van der Waals surface area contributed by atoms with Crippen molar-refractivity contribution in [2.24, 2.45) is 10.8 Å². The molecular weight excluding hydrogens is 492 g/mol. The number of carbonyl (C=O) groups excluding carboxylic acids is 1. The molecule has 10 nitrogen and oxygen atoms in total. The van der Waals surface area contributed by atoms with Gasteiger partial charge in [-0.15, -0.1) is 0 Å². The molecule has 0 fully saturated rings. The summed E-state index contributed by atoms with van der Waals surface area (Å²) >= 11 is 3.42. The Morgan fingerprint density at radius 1 is 1.30 bits per heavy atom. The normalized spacial score (nSPS) is 10.6. The predicted octanol–water partition coefficient (Wildman–Crippen LogP) is 2.78. The average Bonchev–Trinajstić information content (AvgIpc) is 2.80. The third-order valence-corrected chi connectivity index (χ3v) is 4.87. The van der Waals surface area contributed by atoms with Crippen LogP contribution < -0.4 is 26.2 Å². The number of aromatic nitrogens is 2. The molecule has 1 aromatic heterocycles. The number of benzene rings is 2. The molecule has 168 valence electrons. The van der Waals surface area contributed by atoms with Crippen LogP contribution in [0.25, 0.3) is 11.3 Å². The average molecular weight is 511 g/mol. The van der Waals surface area contributed by atoms with Gasteiger partial charge in [0.2, 0.25) is 5.95 Å². The highest BCUT2D eigenvalue weighted by Crippen LogP contribution is 2.33. The fraction of sp³-hybridized carbons (Fsp3) is 0.136. The molecule has 4 N–H and O–H groups in total. The maximum absolute atomic E-state index is 12.3. The first-order valence-corrected chi connectivity index (χ1v) is 10.5. The maximum atomic E-state index is 12.3. The van der Waals surface area contributed by atoms with Crippen LogP contribution in [0, 0.1) is 11.3 Å². The van der Waals surface area contributed by atoms with Crippen LogP contribution in [0.2, 0.25) is 0 Å². The summed E-state index contributed by atoms with van der Waals surface area (Å²) in [6.45, 7) is 1.90. The summed E-state index contributed by atoms with van der Waals surface area (Å²) < 4.78 is 11.6. The van der Waals surface area contributed by atoms with Crippen LogP contribution in [0.3, 0.4) is 0 Å². The van der Waals surface area contributed by atoms with E-state index in [0.717, 1.165) is 0 Å². The number of halogens is 1. The molecule has 0 aliphatic rings. The SMILES string of the molecule is CCOc1cc(C=NNc2nc(-c3ccccc3)c(C#N)c(=O)[nH]2)c(Br)cc1OCC(N)=O. The van der Waals surface area contributed by atoms with Gasteiger partial charge in [0.05, 0.1) is 18.5 Å². The number of nitrogens with one attached hydrogen (secondary N) is 2. The van der Waals surface area contributed by atoms with Gasteiger partial charge in [-0.05, 0) is 35.0 Å². The maximum Gasteiger partial charge on any atom is 0.270 e. The van der Waals surface area contributed by atoms with E-state index in [-0.39, 0.29) is 23.8 Å². The fourth-order valence-electron chi connectivity index (χ4n) is 2.78. The van der Waals surface area contributed by atoms with E-state index in [1.165, 1.54) is 6.21 Å². The molecule has 0 spiro atoms. The topological polar surface area (TPSA) is 155 Å². The van der Waals surface area contributed by atoms with E-state index >= 15 is 0 Å². The van der Waals surface area contributed by atoms with Gasteiger partial charge in [-0.1, -0.05) is 30.3 Å². The smallest absolute Gasteiger partial charge is 0.270 e. The van der Waals surface area contributed by atoms with Crippen LogP contribution in [0.1, 0.15) is 18.1 Å². The Kier molecular flexibility index (Phi) is 7.77. The van der Waals surface area contributed by atoms with Crippen molar-refractivity contribution >= 4 is 34.0 Å². The van der Waals surface area contributed by atoms with Crippen LogP contribution in [0.4, 0.5) is 5.95 Å². The van der Waals surface area contributed by atoms with Crippen molar-refractivity contribution in [3.8, 4) is 28.8 Å². The van der Waals surface area contributed by atoms with E-state index in [2.05, 4.69) is 36.4 Å². The third kappa shape index (κ3) is 5.96. The van der Waals surface area contributed by atoms with Gasteiger partial charge < -0.3 is 15.2 Å². The summed E-state index contributed by atoms with van der Waals surface area (Å²) in [7, 11) is 0. The monoisotopic (exact) mass is 510 g/mol. The number of nitriles is 1. The number of anilines is 1.